The molecule has 3 heterocycles. The van der Waals surface area contributed by atoms with Gasteiger partial charge in [-0.2, -0.15) is 0 Å². The molecule has 208 valence electrons. The number of phosphoric acid groups is 1. The molecule has 0 saturated carbocycles. The van der Waals surface area contributed by atoms with Gasteiger partial charge in [0.1, 0.15) is 12.1 Å². The van der Waals surface area contributed by atoms with Crippen molar-refractivity contribution in [2.45, 2.75) is 62.9 Å². The molecule has 0 unspecified atom stereocenters. The second kappa shape index (κ2) is 11.4. The quantitative estimate of drug-likeness (QED) is 0.354. The first-order valence-corrected chi connectivity index (χ1v) is 13.7. The summed E-state index contributed by atoms with van der Waals surface area (Å²) in [5.74, 6) is -0.901. The van der Waals surface area contributed by atoms with Crippen LogP contribution in [0.1, 0.15) is 44.6 Å². The number of esters is 1. The van der Waals surface area contributed by atoms with Crippen LogP contribution >= 0.6 is 19.4 Å². The Morgan fingerprint density at radius 1 is 1.39 bits per heavy atom. The number of benzene rings is 1. The topological polar surface area (TPSA) is 161 Å². The fraction of sp³-hybridized carbons (Fsp3) is 0.522. The highest BCUT2D eigenvalue weighted by atomic mass is 35.5. The van der Waals surface area contributed by atoms with Crippen molar-refractivity contribution >= 4 is 25.4 Å². The molecule has 0 bridgehead atoms. The number of alkyl halides is 1. The van der Waals surface area contributed by atoms with E-state index in [-0.39, 0.29) is 13.0 Å². The Hall–Kier alpha value is -2.38. The number of nitrogens with one attached hydrogen (secondary N) is 1. The van der Waals surface area contributed by atoms with Crippen LogP contribution in [-0.4, -0.2) is 52.7 Å². The van der Waals surface area contributed by atoms with Gasteiger partial charge < -0.3 is 15.2 Å². The summed E-state index contributed by atoms with van der Waals surface area (Å²) in [6.07, 6.45) is -3.61. The van der Waals surface area contributed by atoms with E-state index in [1.807, 2.05) is 4.98 Å². The maximum Gasteiger partial charge on any atom is 0.475 e. The summed E-state index contributed by atoms with van der Waals surface area (Å²) < 4.78 is 57.8. The zero-order chi connectivity index (χ0) is 27.7. The molecule has 7 atom stereocenters. The summed E-state index contributed by atoms with van der Waals surface area (Å²) in [5.41, 5.74) is 2.28. The lowest BCUT2D eigenvalue weighted by Gasteiger charge is -2.31. The van der Waals surface area contributed by atoms with Crippen molar-refractivity contribution in [1.29, 1.82) is 0 Å². The average Bonchev–Trinajstić information content (AvgIpc) is 3.11. The number of aromatic amines is 1. The molecule has 0 radical (unpaired) electrons. The molecule has 12 nitrogen and oxygen atoms in total. The molecule has 4 rings (SSSR count). The summed E-state index contributed by atoms with van der Waals surface area (Å²) >= 11 is 6.05. The maximum absolute atomic E-state index is 16.2. The van der Waals surface area contributed by atoms with E-state index in [1.54, 1.807) is 31.2 Å². The molecule has 2 aromatic rings. The number of aromatic nitrogens is 2. The molecule has 0 aliphatic carbocycles. The standard InChI is InChI=1S/C23H28ClFN3O9P/c1-3-15(26)20(30)36-19-17(35-21(23(19,2)25)28-9-7-18(29)27-22(28)31)12-34-38(32)33-10-8-16(37-38)13-5-4-6-14(24)11-13/h4-7,9,11,15-17,19,21H,3,8,10,12,26H2,1-2H3,(H,27,29,31)/t15-,16-,17+,19+,21+,23+,38+/m0/s1. The highest BCUT2D eigenvalue weighted by Crippen LogP contribution is 2.57. The molecule has 2 aliphatic heterocycles. The van der Waals surface area contributed by atoms with Gasteiger partial charge in [-0.05, 0) is 31.0 Å². The van der Waals surface area contributed by atoms with Crippen molar-refractivity contribution < 1.29 is 36.8 Å². The van der Waals surface area contributed by atoms with E-state index >= 15 is 4.39 Å². The summed E-state index contributed by atoms with van der Waals surface area (Å²) in [5, 5.41) is 0.466. The average molecular weight is 576 g/mol. The van der Waals surface area contributed by atoms with Crippen molar-refractivity contribution in [3.63, 3.8) is 0 Å². The van der Waals surface area contributed by atoms with Gasteiger partial charge in [0, 0.05) is 23.7 Å². The molecule has 2 fully saturated rings. The molecule has 2 aliphatic rings. The zero-order valence-corrected chi connectivity index (χ0v) is 22.2. The Morgan fingerprint density at radius 3 is 2.84 bits per heavy atom. The first-order chi connectivity index (χ1) is 17.9. The lowest BCUT2D eigenvalue weighted by molar-refractivity contribution is -0.160. The van der Waals surface area contributed by atoms with Gasteiger partial charge in [0.05, 0.1) is 19.3 Å². The second-order valence-electron chi connectivity index (χ2n) is 9.08. The van der Waals surface area contributed by atoms with Gasteiger partial charge in [-0.25, -0.2) is 13.8 Å². The van der Waals surface area contributed by atoms with Gasteiger partial charge in [0.25, 0.3) is 5.56 Å². The summed E-state index contributed by atoms with van der Waals surface area (Å²) in [4.78, 5) is 38.3. The molecule has 15 heteroatoms. The SMILES string of the molecule is CC[C@H](N)C(=O)O[C@@H]1[C@@H](CO[P@@]2(=O)OCC[C@@H](c3cccc(Cl)c3)O2)O[C@@H](n2ccc(=O)[nH]c2=O)[C@]1(C)F. The number of ether oxygens (including phenoxy) is 2. The predicted molar refractivity (Wildman–Crippen MR) is 132 cm³/mol. The van der Waals surface area contributed by atoms with Crippen LogP contribution in [0.3, 0.4) is 0 Å². The third-order valence-electron chi connectivity index (χ3n) is 6.27. The Labute approximate surface area is 221 Å². The molecule has 2 saturated heterocycles. The molecule has 0 amide bonds. The van der Waals surface area contributed by atoms with Crippen LogP contribution in [0.15, 0.2) is 46.1 Å². The maximum atomic E-state index is 16.2. The van der Waals surface area contributed by atoms with E-state index in [4.69, 9.17) is 40.4 Å². The first kappa shape index (κ1) is 28.6. The predicted octanol–water partition coefficient (Wildman–Crippen LogP) is 2.77. The van der Waals surface area contributed by atoms with Crippen molar-refractivity contribution in [3.05, 3.63) is 68.0 Å². The van der Waals surface area contributed by atoms with Crippen molar-refractivity contribution in [2.75, 3.05) is 13.2 Å². The first-order valence-electron chi connectivity index (χ1n) is 11.9. The number of halogens is 2. The molecular formula is C23H28ClFN3O9P. The largest absolute Gasteiger partial charge is 0.475 e. The van der Waals surface area contributed by atoms with Crippen molar-refractivity contribution in [3.8, 4) is 0 Å². The van der Waals surface area contributed by atoms with Crippen LogP contribution in [0.2, 0.25) is 5.02 Å². The third-order valence-corrected chi connectivity index (χ3v) is 7.99. The third kappa shape index (κ3) is 6.09. The van der Waals surface area contributed by atoms with Crippen LogP contribution in [0.4, 0.5) is 4.39 Å². The highest BCUT2D eigenvalue weighted by molar-refractivity contribution is 7.48. The Balaban J connectivity index is 1.56. The summed E-state index contributed by atoms with van der Waals surface area (Å²) in [6.45, 7) is 2.16. The number of rotatable bonds is 8. The number of hydrogen-bond donors (Lipinski definition) is 2. The van der Waals surface area contributed by atoms with Gasteiger partial charge in [-0.15, -0.1) is 0 Å². The lowest BCUT2D eigenvalue weighted by atomic mass is 9.98. The van der Waals surface area contributed by atoms with Gasteiger partial charge in [0.15, 0.2) is 18.0 Å². The number of nitrogens with two attached hydrogens (primary N) is 1. The minimum Gasteiger partial charge on any atom is -0.455 e. The number of carbonyl (C=O) groups excluding carboxylic acids is 1. The molecule has 3 N–H and O–H groups in total. The minimum atomic E-state index is -4.16. The second-order valence-corrected chi connectivity index (χ2v) is 11.1. The summed E-state index contributed by atoms with van der Waals surface area (Å²) in [6, 6.07) is 6.78. The van der Waals surface area contributed by atoms with Gasteiger partial charge in [-0.1, -0.05) is 30.7 Å². The van der Waals surface area contributed by atoms with Gasteiger partial charge >= 0.3 is 19.5 Å². The van der Waals surface area contributed by atoms with E-state index in [2.05, 4.69) is 0 Å². The fourth-order valence-corrected chi connectivity index (χ4v) is 5.79. The van der Waals surface area contributed by atoms with E-state index in [1.165, 1.54) is 0 Å². The van der Waals surface area contributed by atoms with E-state index in [0.717, 1.165) is 23.8 Å². The smallest absolute Gasteiger partial charge is 0.455 e. The van der Waals surface area contributed by atoms with Crippen molar-refractivity contribution in [1.82, 2.24) is 9.55 Å². The Bertz CT molecular complexity index is 1340. The van der Waals surface area contributed by atoms with E-state index in [9.17, 15) is 18.9 Å². The number of carbonyl (C=O) groups is 1. The molecule has 1 aromatic carbocycles. The normalized spacial score (nSPS) is 32.1. The van der Waals surface area contributed by atoms with Crippen LogP contribution in [0, 0.1) is 0 Å². The number of phosphoric ester groups is 1. The highest BCUT2D eigenvalue weighted by Gasteiger charge is 2.59. The van der Waals surface area contributed by atoms with Gasteiger partial charge in [0.2, 0.25) is 0 Å². The Morgan fingerprint density at radius 2 is 2.16 bits per heavy atom. The minimum absolute atomic E-state index is 0.0416. The molecule has 1 aromatic heterocycles. The fourth-order valence-electron chi connectivity index (χ4n) is 4.20. The van der Waals surface area contributed by atoms with Crippen LogP contribution in [0.5, 0.6) is 0 Å². The summed E-state index contributed by atoms with van der Waals surface area (Å²) in [7, 11) is -4.16. The zero-order valence-electron chi connectivity index (χ0n) is 20.6. The van der Waals surface area contributed by atoms with Crippen LogP contribution in [0.25, 0.3) is 0 Å². The monoisotopic (exact) mass is 575 g/mol. The van der Waals surface area contributed by atoms with E-state index in [0.29, 0.717) is 17.0 Å². The molecular weight excluding hydrogens is 548 g/mol. The van der Waals surface area contributed by atoms with Gasteiger partial charge in [-0.3, -0.25) is 32.7 Å². The Kier molecular flexibility index (Phi) is 8.58. The van der Waals surface area contributed by atoms with Crippen molar-refractivity contribution in [2.24, 2.45) is 5.73 Å². The number of nitrogens with zero attached hydrogens (tertiary/aromatic N) is 1. The number of hydrogen-bond acceptors (Lipinski definition) is 10. The lowest BCUT2D eigenvalue weighted by Crippen LogP contribution is -2.48. The molecule has 38 heavy (non-hydrogen) atoms. The number of H-pyrrole nitrogens is 1. The molecule has 0 spiro atoms. The van der Waals surface area contributed by atoms with Crippen LogP contribution in [-0.2, 0) is 32.4 Å². The van der Waals surface area contributed by atoms with E-state index < -0.39 is 67.9 Å². The van der Waals surface area contributed by atoms with Crippen LogP contribution < -0.4 is 17.0 Å².